The molecular formula is C25H19NO7. The Bertz CT molecular complexity index is 1070. The van der Waals surface area contributed by atoms with Crippen LogP contribution in [-0.4, -0.2) is 29.0 Å². The average molecular weight is 445 g/mol. The second kappa shape index (κ2) is 8.23. The average Bonchev–Trinajstić information content (AvgIpc) is 2.78. The Balaban J connectivity index is 0.000000196. The van der Waals surface area contributed by atoms with Gasteiger partial charge in [-0.1, -0.05) is 54.1 Å². The number of benzene rings is 3. The summed E-state index contributed by atoms with van der Waals surface area (Å²) in [6.45, 7) is 2.09. The van der Waals surface area contributed by atoms with Crippen LogP contribution in [0.5, 0.6) is 5.75 Å². The molecule has 2 fully saturated rings. The van der Waals surface area contributed by atoms with E-state index in [1.54, 1.807) is 12.1 Å². The second-order valence-corrected chi connectivity index (χ2v) is 7.71. The molecule has 3 aromatic rings. The molecule has 5 rings (SSSR count). The van der Waals surface area contributed by atoms with Crippen molar-refractivity contribution in [1.82, 2.24) is 0 Å². The molecule has 166 valence electrons. The van der Waals surface area contributed by atoms with Gasteiger partial charge in [0.05, 0.1) is 0 Å². The summed E-state index contributed by atoms with van der Waals surface area (Å²) in [6.07, 6.45) is 0. The molecule has 0 saturated carbocycles. The third kappa shape index (κ3) is 3.71. The fraction of sp³-hybridized carbons (Fsp3) is 0.120. The number of phenolic OH excluding ortho intramolecular Hbond substituents is 1. The van der Waals surface area contributed by atoms with Crippen molar-refractivity contribution < 1.29 is 33.8 Å². The van der Waals surface area contributed by atoms with Gasteiger partial charge < -0.3 is 20.3 Å². The van der Waals surface area contributed by atoms with Crippen molar-refractivity contribution in [2.24, 2.45) is 5.41 Å². The van der Waals surface area contributed by atoms with E-state index in [2.05, 4.69) is 52.8 Å². The smallest absolute Gasteiger partial charge is 0.357 e. The maximum absolute atomic E-state index is 10.5. The number of anilines is 1. The molecule has 0 aliphatic carbocycles. The summed E-state index contributed by atoms with van der Waals surface area (Å²) < 4.78 is 7.68. The van der Waals surface area contributed by atoms with Crippen molar-refractivity contribution in [1.29, 1.82) is 0 Å². The first-order valence-corrected chi connectivity index (χ1v) is 9.98. The second-order valence-electron chi connectivity index (χ2n) is 7.71. The van der Waals surface area contributed by atoms with Crippen LogP contribution in [0, 0.1) is 12.3 Å². The minimum absolute atomic E-state index is 0.127. The summed E-state index contributed by atoms with van der Waals surface area (Å²) in [5, 5.41) is 9.54. The van der Waals surface area contributed by atoms with Gasteiger partial charge in [-0.3, -0.25) is 0 Å². The van der Waals surface area contributed by atoms with Crippen LogP contribution in [0.4, 0.5) is 5.69 Å². The van der Waals surface area contributed by atoms with Gasteiger partial charge in [0.1, 0.15) is 5.75 Å². The van der Waals surface area contributed by atoms with E-state index in [-0.39, 0.29) is 11.7 Å². The number of hydrogen-bond donors (Lipinski definition) is 2. The number of carbonyl (C=O) groups is 4. The summed E-state index contributed by atoms with van der Waals surface area (Å²) in [6, 6.07) is 23.9. The summed E-state index contributed by atoms with van der Waals surface area (Å²) in [5.74, 6) is -4.13. The number of phenols is 1. The summed E-state index contributed by atoms with van der Waals surface area (Å²) in [5.41, 5.74) is 9.14. The summed E-state index contributed by atoms with van der Waals surface area (Å²) in [4.78, 5) is 42.0. The highest BCUT2D eigenvalue weighted by molar-refractivity contribution is 6.46. The fourth-order valence-electron chi connectivity index (χ4n) is 3.57. The number of ether oxygens (including phenoxy) is 2. The third-order valence-corrected chi connectivity index (χ3v) is 5.50. The molecule has 33 heavy (non-hydrogen) atoms. The number of nitrogens with two attached hydrogens (primary N) is 1. The van der Waals surface area contributed by atoms with Crippen LogP contribution in [0.1, 0.15) is 28.2 Å². The number of aromatic hydroxyl groups is 1. The fourth-order valence-corrected chi connectivity index (χ4v) is 3.57. The number of cyclic esters (lactones) is 4. The summed E-state index contributed by atoms with van der Waals surface area (Å²) >= 11 is 0. The maximum Gasteiger partial charge on any atom is 0.357 e. The molecule has 0 aromatic heterocycles. The number of rotatable bonds is 3. The first kappa shape index (κ1) is 21.8. The number of esters is 4. The van der Waals surface area contributed by atoms with Gasteiger partial charge in [0.2, 0.25) is 0 Å². The molecule has 2 heterocycles. The first-order valence-electron chi connectivity index (χ1n) is 9.98. The zero-order valence-electron chi connectivity index (χ0n) is 17.5. The Kier molecular flexibility index (Phi) is 5.43. The molecule has 8 nitrogen and oxygen atoms in total. The molecule has 2 aliphatic heterocycles. The van der Waals surface area contributed by atoms with Gasteiger partial charge in [0.25, 0.3) is 0 Å². The minimum atomic E-state index is -2.22. The highest BCUT2D eigenvalue weighted by Gasteiger charge is 2.80. The Morgan fingerprint density at radius 2 is 1.03 bits per heavy atom. The topological polar surface area (TPSA) is 133 Å². The number of aryl methyl sites for hydroxylation is 1. The standard InChI is InChI=1S/C20H19NO.C5O6/c1-14-2-4-15(5-3-14)20(16-6-10-18(21)11-7-16)17-8-12-19(22)13-9-17;6-1-5(2(7)10-1)3(8)11-4(5)9/h2-13,20,22H,21H2,1H3;. The normalized spacial score (nSPS) is 16.5. The monoisotopic (exact) mass is 445 g/mol. The van der Waals surface area contributed by atoms with Crippen molar-refractivity contribution in [3.63, 3.8) is 0 Å². The Morgan fingerprint density at radius 3 is 1.39 bits per heavy atom. The van der Waals surface area contributed by atoms with Crippen LogP contribution in [0.3, 0.4) is 0 Å². The van der Waals surface area contributed by atoms with Gasteiger partial charge in [-0.2, -0.15) is 0 Å². The van der Waals surface area contributed by atoms with E-state index in [1.165, 1.54) is 16.7 Å². The van der Waals surface area contributed by atoms with E-state index in [9.17, 15) is 24.3 Å². The molecule has 1 atom stereocenters. The van der Waals surface area contributed by atoms with Gasteiger partial charge in [0.15, 0.2) is 0 Å². The minimum Gasteiger partial charge on any atom is -0.508 e. The highest BCUT2D eigenvalue weighted by atomic mass is 16.7. The van der Waals surface area contributed by atoms with E-state index < -0.39 is 29.3 Å². The molecule has 3 aromatic carbocycles. The summed E-state index contributed by atoms with van der Waals surface area (Å²) in [7, 11) is 0. The first-order chi connectivity index (χ1) is 15.7. The van der Waals surface area contributed by atoms with E-state index in [0.29, 0.717) is 0 Å². The third-order valence-electron chi connectivity index (χ3n) is 5.50. The van der Waals surface area contributed by atoms with E-state index in [0.717, 1.165) is 11.3 Å². The van der Waals surface area contributed by atoms with Crippen LogP contribution < -0.4 is 5.73 Å². The molecule has 1 spiro atoms. The molecule has 2 saturated heterocycles. The van der Waals surface area contributed by atoms with Crippen LogP contribution in [0.2, 0.25) is 0 Å². The predicted octanol–water partition coefficient (Wildman–Crippen LogP) is 2.60. The van der Waals surface area contributed by atoms with Crippen LogP contribution in [-0.2, 0) is 28.7 Å². The molecule has 2 aliphatic rings. The lowest BCUT2D eigenvalue weighted by Crippen LogP contribution is -2.71. The Morgan fingerprint density at radius 1 is 0.667 bits per heavy atom. The predicted molar refractivity (Wildman–Crippen MR) is 116 cm³/mol. The Hall–Kier alpha value is -4.46. The van der Waals surface area contributed by atoms with Crippen LogP contribution in [0.15, 0.2) is 72.8 Å². The zero-order valence-corrected chi connectivity index (χ0v) is 17.5. The van der Waals surface area contributed by atoms with Gasteiger partial charge in [-0.25, -0.2) is 19.2 Å². The van der Waals surface area contributed by atoms with Gasteiger partial charge >= 0.3 is 29.3 Å². The van der Waals surface area contributed by atoms with Gasteiger partial charge in [-0.05, 0) is 47.9 Å². The SMILES string of the molecule is Cc1ccc(C(c2ccc(N)cc2)c2ccc(O)cc2)cc1.O=C1OC(=O)C12C(=O)OC2=O. The maximum atomic E-state index is 10.5. The number of nitrogen functional groups attached to an aromatic ring is 1. The van der Waals surface area contributed by atoms with E-state index in [1.807, 2.05) is 24.3 Å². The van der Waals surface area contributed by atoms with Crippen LogP contribution >= 0.6 is 0 Å². The Labute approximate surface area is 188 Å². The van der Waals surface area contributed by atoms with E-state index in [4.69, 9.17) is 5.73 Å². The van der Waals surface area contributed by atoms with Crippen molar-refractivity contribution in [2.75, 3.05) is 5.73 Å². The lowest BCUT2D eigenvalue weighted by Gasteiger charge is -2.36. The lowest BCUT2D eigenvalue weighted by atomic mass is 9.80. The molecule has 8 heteroatoms. The van der Waals surface area contributed by atoms with Crippen molar-refractivity contribution in [3.05, 3.63) is 95.1 Å². The molecule has 3 N–H and O–H groups in total. The lowest BCUT2D eigenvalue weighted by molar-refractivity contribution is -0.223. The van der Waals surface area contributed by atoms with E-state index >= 15 is 0 Å². The zero-order chi connectivity index (χ0) is 23.8. The number of carbonyl (C=O) groups excluding carboxylic acids is 4. The van der Waals surface area contributed by atoms with Crippen molar-refractivity contribution in [2.45, 2.75) is 12.8 Å². The van der Waals surface area contributed by atoms with Crippen molar-refractivity contribution >= 4 is 29.6 Å². The molecule has 0 radical (unpaired) electrons. The molecular weight excluding hydrogens is 426 g/mol. The quantitative estimate of drug-likeness (QED) is 0.272. The van der Waals surface area contributed by atoms with Crippen molar-refractivity contribution in [3.8, 4) is 5.75 Å². The molecule has 0 amide bonds. The number of hydrogen-bond acceptors (Lipinski definition) is 8. The molecule has 0 bridgehead atoms. The highest BCUT2D eigenvalue weighted by Crippen LogP contribution is 2.40. The van der Waals surface area contributed by atoms with Gasteiger partial charge in [-0.15, -0.1) is 0 Å². The van der Waals surface area contributed by atoms with Crippen LogP contribution in [0.25, 0.3) is 0 Å². The van der Waals surface area contributed by atoms with Gasteiger partial charge in [0, 0.05) is 11.6 Å². The molecule has 1 unspecified atom stereocenters. The largest absolute Gasteiger partial charge is 0.508 e.